The van der Waals surface area contributed by atoms with Crippen LogP contribution >= 0.6 is 0 Å². The van der Waals surface area contributed by atoms with Crippen molar-refractivity contribution in [3.8, 4) is 5.75 Å². The summed E-state index contributed by atoms with van der Waals surface area (Å²) in [5, 5.41) is 0. The van der Waals surface area contributed by atoms with Crippen LogP contribution in [0, 0.1) is 0 Å². The summed E-state index contributed by atoms with van der Waals surface area (Å²) in [6, 6.07) is 7.52. The van der Waals surface area contributed by atoms with Crippen molar-refractivity contribution in [1.82, 2.24) is 0 Å². The van der Waals surface area contributed by atoms with E-state index in [1.807, 2.05) is 24.3 Å². The Balaban J connectivity index is 2.64. The van der Waals surface area contributed by atoms with Gasteiger partial charge in [0.05, 0.1) is 22.8 Å². The maximum atomic E-state index is 11.9. The number of hydrogen-bond acceptors (Lipinski definition) is 2. The van der Waals surface area contributed by atoms with Gasteiger partial charge in [0.2, 0.25) is 0 Å². The van der Waals surface area contributed by atoms with Crippen LogP contribution in [0.15, 0.2) is 29.2 Å². The van der Waals surface area contributed by atoms with Crippen molar-refractivity contribution in [1.29, 1.82) is 0 Å². The van der Waals surface area contributed by atoms with Crippen molar-refractivity contribution >= 4 is 10.8 Å². The Kier molecular flexibility index (Phi) is 5.40. The second-order valence-electron chi connectivity index (χ2n) is 3.41. The van der Waals surface area contributed by atoms with Gasteiger partial charge in [-0.1, -0.05) is 31.9 Å². The van der Waals surface area contributed by atoms with E-state index in [0.29, 0.717) is 0 Å². The zero-order valence-corrected chi connectivity index (χ0v) is 10.2. The zero-order valence-electron chi connectivity index (χ0n) is 9.36. The summed E-state index contributed by atoms with van der Waals surface area (Å²) in [6.07, 6.45) is 3.31. The quantitative estimate of drug-likeness (QED) is 0.697. The second-order valence-corrected chi connectivity index (χ2v) is 4.95. The second kappa shape index (κ2) is 6.62. The molecule has 1 rings (SSSR count). The molecule has 0 fully saturated rings. The monoisotopic (exact) mass is 226 g/mol. The Hall–Kier alpha value is -0.830. The fourth-order valence-corrected chi connectivity index (χ4v) is 2.69. The van der Waals surface area contributed by atoms with Gasteiger partial charge < -0.3 is 4.74 Å². The van der Waals surface area contributed by atoms with Gasteiger partial charge in [0, 0.05) is 5.75 Å². The molecule has 0 heterocycles. The Labute approximate surface area is 94.1 Å². The van der Waals surface area contributed by atoms with E-state index in [9.17, 15) is 4.21 Å². The minimum atomic E-state index is -0.921. The highest BCUT2D eigenvalue weighted by molar-refractivity contribution is 7.85. The molecule has 0 N–H and O–H groups in total. The fraction of sp³-hybridized carbons (Fsp3) is 0.500. The molecule has 84 valence electrons. The first-order chi connectivity index (χ1) is 7.29. The molecule has 0 radical (unpaired) electrons. The Morgan fingerprint density at radius 2 is 2.00 bits per heavy atom. The van der Waals surface area contributed by atoms with Gasteiger partial charge in [0.25, 0.3) is 0 Å². The van der Waals surface area contributed by atoms with Crippen molar-refractivity contribution < 1.29 is 8.95 Å². The normalized spacial score (nSPS) is 12.4. The molecular formula is C12H18O2S. The lowest BCUT2D eigenvalue weighted by Gasteiger charge is -2.07. The number of methoxy groups -OCH3 is 1. The van der Waals surface area contributed by atoms with Crippen LogP contribution in [0.2, 0.25) is 0 Å². The molecule has 0 aromatic heterocycles. The van der Waals surface area contributed by atoms with E-state index in [4.69, 9.17) is 4.74 Å². The van der Waals surface area contributed by atoms with Crippen LogP contribution in [-0.2, 0) is 10.8 Å². The molecule has 1 atom stereocenters. The predicted molar refractivity (Wildman–Crippen MR) is 63.8 cm³/mol. The van der Waals surface area contributed by atoms with Gasteiger partial charge in [-0.3, -0.25) is 4.21 Å². The molecule has 1 aromatic carbocycles. The van der Waals surface area contributed by atoms with Gasteiger partial charge in [-0.05, 0) is 18.6 Å². The van der Waals surface area contributed by atoms with Gasteiger partial charge in [-0.2, -0.15) is 0 Å². The third-order valence-corrected chi connectivity index (χ3v) is 3.73. The van der Waals surface area contributed by atoms with Crippen molar-refractivity contribution in [3.63, 3.8) is 0 Å². The summed E-state index contributed by atoms with van der Waals surface area (Å²) in [7, 11) is 0.692. The molecule has 0 spiro atoms. The summed E-state index contributed by atoms with van der Waals surface area (Å²) in [5.41, 5.74) is 0. The van der Waals surface area contributed by atoms with E-state index in [1.54, 1.807) is 7.11 Å². The number of para-hydroxylation sites is 1. The first-order valence-corrected chi connectivity index (χ1v) is 6.63. The minimum absolute atomic E-state index is 0.729. The lowest BCUT2D eigenvalue weighted by molar-refractivity contribution is 0.404. The van der Waals surface area contributed by atoms with Gasteiger partial charge >= 0.3 is 0 Å². The number of ether oxygens (including phenoxy) is 1. The third kappa shape index (κ3) is 3.67. The van der Waals surface area contributed by atoms with Crippen molar-refractivity contribution in [2.75, 3.05) is 12.9 Å². The van der Waals surface area contributed by atoms with Crippen LogP contribution in [0.5, 0.6) is 5.75 Å². The average molecular weight is 226 g/mol. The number of unbranched alkanes of at least 4 members (excludes halogenated alkanes) is 2. The smallest absolute Gasteiger partial charge is 0.134 e. The van der Waals surface area contributed by atoms with E-state index in [-0.39, 0.29) is 0 Å². The molecule has 1 aromatic rings. The fourth-order valence-electron chi connectivity index (χ4n) is 1.40. The molecule has 2 nitrogen and oxygen atoms in total. The molecule has 0 saturated carbocycles. The van der Waals surface area contributed by atoms with Crippen molar-refractivity contribution in [2.24, 2.45) is 0 Å². The summed E-state index contributed by atoms with van der Waals surface area (Å²) >= 11 is 0. The standard InChI is InChI=1S/C12H18O2S/c1-3-4-7-10-15(13)12-9-6-5-8-11(12)14-2/h5-6,8-9H,3-4,7,10H2,1-2H3. The maximum Gasteiger partial charge on any atom is 0.134 e. The zero-order chi connectivity index (χ0) is 11.1. The van der Waals surface area contributed by atoms with Crippen LogP contribution in [-0.4, -0.2) is 17.1 Å². The molecule has 0 bridgehead atoms. The van der Waals surface area contributed by atoms with Crippen molar-refractivity contribution in [2.45, 2.75) is 31.1 Å². The van der Waals surface area contributed by atoms with Crippen LogP contribution in [0.4, 0.5) is 0 Å². The predicted octanol–water partition coefficient (Wildman–Crippen LogP) is 2.99. The van der Waals surface area contributed by atoms with Crippen molar-refractivity contribution in [3.05, 3.63) is 24.3 Å². The number of benzene rings is 1. The molecule has 0 aliphatic rings. The van der Waals surface area contributed by atoms with Gasteiger partial charge in [-0.15, -0.1) is 0 Å². The lowest BCUT2D eigenvalue weighted by atomic mass is 10.3. The molecule has 0 amide bonds. The molecule has 0 aliphatic heterocycles. The summed E-state index contributed by atoms with van der Waals surface area (Å²) in [6.45, 7) is 2.14. The van der Waals surface area contributed by atoms with Gasteiger partial charge in [0.1, 0.15) is 5.75 Å². The average Bonchev–Trinajstić information content (AvgIpc) is 2.29. The topological polar surface area (TPSA) is 26.3 Å². The summed E-state index contributed by atoms with van der Waals surface area (Å²) in [4.78, 5) is 0.816. The summed E-state index contributed by atoms with van der Waals surface area (Å²) < 4.78 is 17.1. The van der Waals surface area contributed by atoms with Gasteiger partial charge in [0.15, 0.2) is 0 Å². The van der Waals surface area contributed by atoms with E-state index in [0.717, 1.165) is 35.7 Å². The first kappa shape index (κ1) is 12.2. The minimum Gasteiger partial charge on any atom is -0.495 e. The van der Waals surface area contributed by atoms with Crippen LogP contribution in [0.3, 0.4) is 0 Å². The highest BCUT2D eigenvalue weighted by atomic mass is 32.2. The molecule has 0 saturated heterocycles. The number of rotatable bonds is 6. The maximum absolute atomic E-state index is 11.9. The van der Waals surface area contributed by atoms with E-state index >= 15 is 0 Å². The van der Waals surface area contributed by atoms with Crippen LogP contribution in [0.25, 0.3) is 0 Å². The molecule has 1 unspecified atom stereocenters. The Bertz CT molecular complexity index is 323. The van der Waals surface area contributed by atoms with E-state index in [2.05, 4.69) is 6.92 Å². The SMILES string of the molecule is CCCCCS(=O)c1ccccc1OC. The lowest BCUT2D eigenvalue weighted by Crippen LogP contribution is -2.00. The highest BCUT2D eigenvalue weighted by Crippen LogP contribution is 2.21. The summed E-state index contributed by atoms with van der Waals surface area (Å²) in [5.74, 6) is 1.46. The molecule has 15 heavy (non-hydrogen) atoms. The third-order valence-electron chi connectivity index (χ3n) is 2.25. The number of hydrogen-bond donors (Lipinski definition) is 0. The van der Waals surface area contributed by atoms with E-state index < -0.39 is 10.8 Å². The Morgan fingerprint density at radius 1 is 1.27 bits per heavy atom. The van der Waals surface area contributed by atoms with Gasteiger partial charge in [-0.25, -0.2) is 0 Å². The van der Waals surface area contributed by atoms with Crippen LogP contribution < -0.4 is 4.74 Å². The van der Waals surface area contributed by atoms with Crippen LogP contribution in [0.1, 0.15) is 26.2 Å². The highest BCUT2D eigenvalue weighted by Gasteiger charge is 2.08. The largest absolute Gasteiger partial charge is 0.495 e. The first-order valence-electron chi connectivity index (χ1n) is 5.31. The molecule has 3 heteroatoms. The Morgan fingerprint density at radius 3 is 2.67 bits per heavy atom. The van der Waals surface area contributed by atoms with E-state index in [1.165, 1.54) is 0 Å². The molecular weight excluding hydrogens is 208 g/mol. The molecule has 0 aliphatic carbocycles.